The summed E-state index contributed by atoms with van der Waals surface area (Å²) >= 11 is 0. The molecule has 4 nitrogen and oxygen atoms in total. The number of carbonyl (C=O) groups excluding carboxylic acids is 1. The number of hydrogen-bond acceptors (Lipinski definition) is 3. The van der Waals surface area contributed by atoms with Crippen LogP contribution in [0.1, 0.15) is 34.3 Å². The van der Waals surface area contributed by atoms with Crippen LogP contribution in [-0.4, -0.2) is 31.6 Å². The molecule has 25 heavy (non-hydrogen) atoms. The number of carbonyl (C=O) groups is 1. The lowest BCUT2D eigenvalue weighted by molar-refractivity contribution is 0.0951. The maximum atomic E-state index is 12.5. The Bertz CT molecular complexity index is 760. The third-order valence-corrected chi connectivity index (χ3v) is 5.24. The number of rotatable bonds is 4. The maximum Gasteiger partial charge on any atom is 0.251 e. The van der Waals surface area contributed by atoms with Gasteiger partial charge in [0, 0.05) is 37.5 Å². The largest absolute Gasteiger partial charge is 0.490 e. The molecule has 2 aromatic rings. The molecule has 0 bridgehead atoms. The molecule has 130 valence electrons. The van der Waals surface area contributed by atoms with Crippen molar-refractivity contribution in [2.45, 2.75) is 25.4 Å². The van der Waals surface area contributed by atoms with Gasteiger partial charge in [-0.2, -0.15) is 0 Å². The molecule has 0 unspecified atom stereocenters. The highest BCUT2D eigenvalue weighted by molar-refractivity contribution is 5.96. The zero-order valence-electron chi connectivity index (χ0n) is 14.5. The molecule has 2 aliphatic heterocycles. The van der Waals surface area contributed by atoms with Gasteiger partial charge in [0.1, 0.15) is 5.75 Å². The van der Waals surface area contributed by atoms with Crippen molar-refractivity contribution in [1.29, 1.82) is 0 Å². The van der Waals surface area contributed by atoms with Gasteiger partial charge >= 0.3 is 0 Å². The normalized spacial score (nSPS) is 23.2. The second-order valence-electron chi connectivity index (χ2n) is 7.10. The summed E-state index contributed by atoms with van der Waals surface area (Å²) in [7, 11) is 0. The molecular weight excluding hydrogens is 312 g/mol. The van der Waals surface area contributed by atoms with E-state index in [1.54, 1.807) is 0 Å². The van der Waals surface area contributed by atoms with Gasteiger partial charge in [-0.15, -0.1) is 0 Å². The lowest BCUT2D eigenvalue weighted by Gasteiger charge is -2.19. The zero-order chi connectivity index (χ0) is 17.2. The van der Waals surface area contributed by atoms with Crippen molar-refractivity contribution >= 4 is 5.91 Å². The molecule has 4 rings (SSSR count). The van der Waals surface area contributed by atoms with Crippen LogP contribution in [0.2, 0.25) is 0 Å². The second kappa shape index (κ2) is 6.89. The van der Waals surface area contributed by atoms with Crippen LogP contribution in [0.5, 0.6) is 5.75 Å². The van der Waals surface area contributed by atoms with E-state index in [4.69, 9.17) is 4.74 Å². The lowest BCUT2D eigenvalue weighted by atomic mass is 9.87. The summed E-state index contributed by atoms with van der Waals surface area (Å²) in [4.78, 5) is 12.5. The van der Waals surface area contributed by atoms with Gasteiger partial charge in [0.05, 0.1) is 6.10 Å². The molecule has 4 heteroatoms. The quantitative estimate of drug-likeness (QED) is 0.903. The molecule has 0 aliphatic carbocycles. The molecule has 3 atom stereocenters. The topological polar surface area (TPSA) is 50.4 Å². The monoisotopic (exact) mass is 336 g/mol. The molecule has 1 fully saturated rings. The lowest BCUT2D eigenvalue weighted by Crippen LogP contribution is -2.28. The third-order valence-electron chi connectivity index (χ3n) is 5.24. The van der Waals surface area contributed by atoms with Gasteiger partial charge in [0.15, 0.2) is 0 Å². The number of benzene rings is 2. The van der Waals surface area contributed by atoms with Gasteiger partial charge in [-0.1, -0.05) is 36.4 Å². The smallest absolute Gasteiger partial charge is 0.251 e. The summed E-state index contributed by atoms with van der Waals surface area (Å²) in [5, 5.41) is 6.50. The van der Waals surface area contributed by atoms with E-state index in [2.05, 4.69) is 35.8 Å². The first-order valence-corrected chi connectivity index (χ1v) is 9.04. The fourth-order valence-corrected chi connectivity index (χ4v) is 3.98. The van der Waals surface area contributed by atoms with Crippen LogP contribution in [-0.2, 0) is 6.42 Å². The predicted molar refractivity (Wildman–Crippen MR) is 98.1 cm³/mol. The van der Waals surface area contributed by atoms with Crippen LogP contribution >= 0.6 is 0 Å². The van der Waals surface area contributed by atoms with Crippen molar-refractivity contribution in [1.82, 2.24) is 10.6 Å². The molecule has 1 amide bonds. The minimum Gasteiger partial charge on any atom is -0.490 e. The summed E-state index contributed by atoms with van der Waals surface area (Å²) in [6.07, 6.45) is 0.897. The number of amides is 1. The minimum absolute atomic E-state index is 0.0190. The Morgan fingerprint density at radius 3 is 2.80 bits per heavy atom. The predicted octanol–water partition coefficient (Wildman–Crippen LogP) is 2.74. The fraction of sp³-hybridized carbons (Fsp3) is 0.381. The minimum atomic E-state index is 0.0190. The van der Waals surface area contributed by atoms with Crippen molar-refractivity contribution in [3.05, 3.63) is 65.2 Å². The van der Waals surface area contributed by atoms with Crippen molar-refractivity contribution in [2.75, 3.05) is 19.6 Å². The van der Waals surface area contributed by atoms with Crippen LogP contribution in [0.15, 0.2) is 48.5 Å². The van der Waals surface area contributed by atoms with E-state index in [0.717, 1.165) is 42.9 Å². The van der Waals surface area contributed by atoms with Gasteiger partial charge in [-0.25, -0.2) is 0 Å². The first-order valence-electron chi connectivity index (χ1n) is 9.04. The van der Waals surface area contributed by atoms with Crippen LogP contribution in [0, 0.1) is 5.92 Å². The highest BCUT2D eigenvalue weighted by Crippen LogP contribution is 2.34. The number of nitrogens with one attached hydrogen (secondary N) is 2. The Morgan fingerprint density at radius 1 is 1.12 bits per heavy atom. The van der Waals surface area contributed by atoms with Gasteiger partial charge in [-0.3, -0.25) is 4.79 Å². The van der Waals surface area contributed by atoms with E-state index in [9.17, 15) is 4.79 Å². The Kier molecular flexibility index (Phi) is 4.45. The Hall–Kier alpha value is -2.33. The van der Waals surface area contributed by atoms with Gasteiger partial charge in [0.2, 0.25) is 0 Å². The summed E-state index contributed by atoms with van der Waals surface area (Å²) in [6.45, 7) is 4.72. The molecule has 0 radical (unpaired) electrons. The molecule has 0 spiro atoms. The summed E-state index contributed by atoms with van der Waals surface area (Å²) in [6, 6.07) is 16.3. The number of hydrogen-bond donors (Lipinski definition) is 2. The molecule has 2 aliphatic rings. The van der Waals surface area contributed by atoms with Gasteiger partial charge in [-0.05, 0) is 36.1 Å². The number of ether oxygens (including phenoxy) is 1. The molecular formula is C21H24N2O2. The molecule has 0 saturated carbocycles. The molecule has 0 aromatic heterocycles. The summed E-state index contributed by atoms with van der Waals surface area (Å²) in [5.41, 5.74) is 3.16. The highest BCUT2D eigenvalue weighted by Gasteiger charge is 2.34. The zero-order valence-corrected chi connectivity index (χ0v) is 14.5. The SMILES string of the molecule is C[C@@H](Cc1ccccc1)Oc1ccc2c(c1)C(=O)NC[C@H]1CNC[C@H]21. The first-order chi connectivity index (χ1) is 12.2. The van der Waals surface area contributed by atoms with Gasteiger partial charge < -0.3 is 15.4 Å². The van der Waals surface area contributed by atoms with Crippen molar-refractivity contribution in [3.63, 3.8) is 0 Å². The van der Waals surface area contributed by atoms with E-state index >= 15 is 0 Å². The maximum absolute atomic E-state index is 12.5. The van der Waals surface area contributed by atoms with E-state index in [-0.39, 0.29) is 12.0 Å². The number of fused-ring (bicyclic) bond motifs is 3. The van der Waals surface area contributed by atoms with E-state index < -0.39 is 0 Å². The summed E-state index contributed by atoms with van der Waals surface area (Å²) < 4.78 is 6.09. The first kappa shape index (κ1) is 16.2. The highest BCUT2D eigenvalue weighted by atomic mass is 16.5. The average Bonchev–Trinajstić information content (AvgIpc) is 3.04. The third kappa shape index (κ3) is 3.40. The Labute approximate surface area is 148 Å². The van der Waals surface area contributed by atoms with Crippen LogP contribution in [0.4, 0.5) is 0 Å². The van der Waals surface area contributed by atoms with Crippen LogP contribution in [0.3, 0.4) is 0 Å². The van der Waals surface area contributed by atoms with Crippen molar-refractivity contribution in [2.24, 2.45) is 5.92 Å². The average molecular weight is 336 g/mol. The van der Waals surface area contributed by atoms with E-state index in [0.29, 0.717) is 11.8 Å². The van der Waals surface area contributed by atoms with Crippen LogP contribution in [0.25, 0.3) is 0 Å². The van der Waals surface area contributed by atoms with E-state index in [1.807, 2.05) is 30.3 Å². The summed E-state index contributed by atoms with van der Waals surface area (Å²) in [5.74, 6) is 1.67. The van der Waals surface area contributed by atoms with E-state index in [1.165, 1.54) is 5.56 Å². The van der Waals surface area contributed by atoms with Crippen LogP contribution < -0.4 is 15.4 Å². The van der Waals surface area contributed by atoms with Crippen molar-refractivity contribution < 1.29 is 9.53 Å². The van der Waals surface area contributed by atoms with Crippen molar-refractivity contribution in [3.8, 4) is 5.75 Å². The Morgan fingerprint density at radius 2 is 1.96 bits per heavy atom. The molecule has 2 N–H and O–H groups in total. The molecule has 2 aromatic carbocycles. The molecule has 1 saturated heterocycles. The standard InChI is InChI=1S/C21H24N2O2/c1-14(9-15-5-3-2-4-6-15)25-17-7-8-18-19(10-17)21(24)23-12-16-11-22-13-20(16)18/h2-8,10,14,16,20,22H,9,11-13H2,1H3,(H,23,24)/t14-,16+,20-/m0/s1. The fourth-order valence-electron chi connectivity index (χ4n) is 3.98. The Balaban J connectivity index is 1.53. The molecule has 2 heterocycles. The van der Waals surface area contributed by atoms with Gasteiger partial charge in [0.25, 0.3) is 5.91 Å². The second-order valence-corrected chi connectivity index (χ2v) is 7.10.